The Balaban J connectivity index is 2.13. The van der Waals surface area contributed by atoms with Gasteiger partial charge in [0.15, 0.2) is 0 Å². The fourth-order valence-electron chi connectivity index (χ4n) is 1.75. The molecule has 0 radical (unpaired) electrons. The molecule has 102 valence electrons. The third kappa shape index (κ3) is 3.44. The predicted molar refractivity (Wildman–Crippen MR) is 69.7 cm³/mol. The highest BCUT2D eigenvalue weighted by Gasteiger charge is 2.23. The number of carbonyl (C=O) groups excluding carboxylic acids is 1. The number of aromatic carboxylic acids is 1. The highest BCUT2D eigenvalue weighted by Crippen LogP contribution is 2.21. The van der Waals surface area contributed by atoms with Crippen molar-refractivity contribution >= 4 is 29.2 Å². The van der Waals surface area contributed by atoms with Gasteiger partial charge in [-0.05, 0) is 18.2 Å². The van der Waals surface area contributed by atoms with Gasteiger partial charge in [-0.25, -0.2) is 4.79 Å². The Morgan fingerprint density at radius 1 is 1.47 bits per heavy atom. The number of benzene rings is 1. The van der Waals surface area contributed by atoms with Gasteiger partial charge in [0, 0.05) is 18.1 Å². The Hall–Kier alpha value is -1.63. The second-order valence-electron chi connectivity index (χ2n) is 4.05. The standard InChI is InChI=1S/C12H13ClN2O4/c13-7-1-2-9(8(5-7)12(17)18)15-11(16)10-6-14-3-4-19-10/h1-2,5,10,14H,3-4,6H2,(H,15,16)(H,17,18). The molecule has 0 aromatic heterocycles. The number of morpholine rings is 1. The number of nitrogens with one attached hydrogen (secondary N) is 2. The third-order valence-corrected chi connectivity index (χ3v) is 2.93. The number of hydrogen-bond acceptors (Lipinski definition) is 4. The average molecular weight is 285 g/mol. The quantitative estimate of drug-likeness (QED) is 0.770. The monoisotopic (exact) mass is 284 g/mol. The third-order valence-electron chi connectivity index (χ3n) is 2.69. The highest BCUT2D eigenvalue weighted by molar-refractivity contribution is 6.31. The van der Waals surface area contributed by atoms with Gasteiger partial charge in [-0.2, -0.15) is 0 Å². The van der Waals surface area contributed by atoms with Gasteiger partial charge in [0.25, 0.3) is 5.91 Å². The molecule has 1 heterocycles. The Morgan fingerprint density at radius 2 is 2.26 bits per heavy atom. The van der Waals surface area contributed by atoms with Crippen LogP contribution in [-0.4, -0.2) is 42.8 Å². The topological polar surface area (TPSA) is 87.7 Å². The van der Waals surface area contributed by atoms with Gasteiger partial charge >= 0.3 is 5.97 Å². The summed E-state index contributed by atoms with van der Waals surface area (Å²) in [5.74, 6) is -1.53. The molecule has 1 aliphatic heterocycles. The van der Waals surface area contributed by atoms with Crippen LogP contribution < -0.4 is 10.6 Å². The molecule has 0 aliphatic carbocycles. The SMILES string of the molecule is O=C(O)c1cc(Cl)ccc1NC(=O)C1CNCCO1. The van der Waals surface area contributed by atoms with Crippen molar-refractivity contribution < 1.29 is 19.4 Å². The number of carboxylic acid groups (broad SMARTS) is 1. The smallest absolute Gasteiger partial charge is 0.337 e. The van der Waals surface area contributed by atoms with E-state index in [9.17, 15) is 9.59 Å². The Morgan fingerprint density at radius 3 is 2.89 bits per heavy atom. The predicted octanol–water partition coefficient (Wildman–Crippen LogP) is 0.965. The summed E-state index contributed by atoms with van der Waals surface area (Å²) in [4.78, 5) is 23.0. The number of hydrogen-bond donors (Lipinski definition) is 3. The molecular weight excluding hydrogens is 272 g/mol. The first kappa shape index (κ1) is 13.8. The lowest BCUT2D eigenvalue weighted by molar-refractivity contribution is -0.128. The van der Waals surface area contributed by atoms with Crippen LogP contribution in [0, 0.1) is 0 Å². The first-order chi connectivity index (χ1) is 9.08. The van der Waals surface area contributed by atoms with Gasteiger partial charge in [-0.3, -0.25) is 4.79 Å². The zero-order valence-electron chi connectivity index (χ0n) is 9.98. The van der Waals surface area contributed by atoms with E-state index >= 15 is 0 Å². The van der Waals surface area contributed by atoms with E-state index in [1.54, 1.807) is 0 Å². The molecule has 1 atom stereocenters. The normalized spacial score (nSPS) is 18.9. The van der Waals surface area contributed by atoms with Gasteiger partial charge < -0.3 is 20.5 Å². The maximum Gasteiger partial charge on any atom is 0.337 e. The maximum atomic E-state index is 11.9. The van der Waals surface area contributed by atoms with Crippen LogP contribution in [0.15, 0.2) is 18.2 Å². The summed E-state index contributed by atoms with van der Waals surface area (Å²) in [6, 6.07) is 4.27. The summed E-state index contributed by atoms with van der Waals surface area (Å²) in [5.41, 5.74) is 0.153. The van der Waals surface area contributed by atoms with Crippen molar-refractivity contribution in [1.29, 1.82) is 0 Å². The number of anilines is 1. The second kappa shape index (κ2) is 6.01. The summed E-state index contributed by atoms with van der Waals surface area (Å²) in [7, 11) is 0. The van der Waals surface area contributed by atoms with Crippen molar-refractivity contribution in [1.82, 2.24) is 5.32 Å². The minimum atomic E-state index is -1.15. The van der Waals surface area contributed by atoms with Crippen molar-refractivity contribution in [3.8, 4) is 0 Å². The van der Waals surface area contributed by atoms with Crippen LogP contribution in [0.3, 0.4) is 0 Å². The Kier molecular flexibility index (Phi) is 4.36. The number of carbonyl (C=O) groups is 2. The Bertz CT molecular complexity index is 501. The molecule has 0 bridgehead atoms. The summed E-state index contributed by atoms with van der Waals surface area (Å²) < 4.78 is 5.29. The molecule has 0 spiro atoms. The zero-order chi connectivity index (χ0) is 13.8. The van der Waals surface area contributed by atoms with Crippen LogP contribution in [-0.2, 0) is 9.53 Å². The van der Waals surface area contributed by atoms with E-state index in [1.807, 2.05) is 0 Å². The molecular formula is C12H13ClN2O4. The lowest BCUT2D eigenvalue weighted by Gasteiger charge is -2.23. The highest BCUT2D eigenvalue weighted by atomic mass is 35.5. The first-order valence-corrected chi connectivity index (χ1v) is 6.12. The van der Waals surface area contributed by atoms with Gasteiger partial charge in [-0.1, -0.05) is 11.6 Å². The van der Waals surface area contributed by atoms with Crippen LogP contribution in [0.1, 0.15) is 10.4 Å². The van der Waals surface area contributed by atoms with Crippen LogP contribution in [0.25, 0.3) is 0 Å². The molecule has 7 heteroatoms. The van der Waals surface area contributed by atoms with Crippen LogP contribution in [0.5, 0.6) is 0 Å². The molecule has 1 aromatic rings. The summed E-state index contributed by atoms with van der Waals surface area (Å²) in [5, 5.41) is 14.9. The molecule has 1 fully saturated rings. The summed E-state index contributed by atoms with van der Waals surface area (Å²) in [6.45, 7) is 1.55. The first-order valence-electron chi connectivity index (χ1n) is 5.74. The van der Waals surface area contributed by atoms with Crippen LogP contribution in [0.4, 0.5) is 5.69 Å². The largest absolute Gasteiger partial charge is 0.478 e. The molecule has 19 heavy (non-hydrogen) atoms. The van der Waals surface area contributed by atoms with E-state index in [0.29, 0.717) is 24.7 Å². The van der Waals surface area contributed by atoms with Crippen molar-refractivity contribution in [3.05, 3.63) is 28.8 Å². The fraction of sp³-hybridized carbons (Fsp3) is 0.333. The number of carboxylic acids is 1. The molecule has 1 unspecified atom stereocenters. The fourth-order valence-corrected chi connectivity index (χ4v) is 1.92. The summed E-state index contributed by atoms with van der Waals surface area (Å²) in [6.07, 6.45) is -0.619. The van der Waals surface area contributed by atoms with Crippen molar-refractivity contribution in [3.63, 3.8) is 0 Å². The van der Waals surface area contributed by atoms with Crippen molar-refractivity contribution in [2.45, 2.75) is 6.10 Å². The van der Waals surface area contributed by atoms with Gasteiger partial charge in [-0.15, -0.1) is 0 Å². The average Bonchev–Trinajstić information content (AvgIpc) is 2.41. The van der Waals surface area contributed by atoms with Gasteiger partial charge in [0.2, 0.25) is 0 Å². The van der Waals surface area contributed by atoms with E-state index in [2.05, 4.69) is 10.6 Å². The second-order valence-corrected chi connectivity index (χ2v) is 4.48. The van der Waals surface area contributed by atoms with E-state index in [0.717, 1.165) is 0 Å². The molecule has 1 aliphatic rings. The van der Waals surface area contributed by atoms with Crippen LogP contribution in [0.2, 0.25) is 5.02 Å². The van der Waals surface area contributed by atoms with Crippen LogP contribution >= 0.6 is 11.6 Å². The molecule has 3 N–H and O–H groups in total. The molecule has 1 saturated heterocycles. The minimum Gasteiger partial charge on any atom is -0.478 e. The number of halogens is 1. The number of ether oxygens (including phenoxy) is 1. The maximum absolute atomic E-state index is 11.9. The zero-order valence-corrected chi connectivity index (χ0v) is 10.7. The van der Waals surface area contributed by atoms with E-state index < -0.39 is 12.1 Å². The number of amides is 1. The molecule has 1 amide bonds. The lowest BCUT2D eigenvalue weighted by atomic mass is 10.1. The van der Waals surface area contributed by atoms with Gasteiger partial charge in [0.05, 0.1) is 17.9 Å². The van der Waals surface area contributed by atoms with Crippen molar-refractivity contribution in [2.24, 2.45) is 0 Å². The molecule has 2 rings (SSSR count). The van der Waals surface area contributed by atoms with Gasteiger partial charge in [0.1, 0.15) is 6.10 Å². The Labute approximate surface area is 114 Å². The van der Waals surface area contributed by atoms with E-state index in [1.165, 1.54) is 18.2 Å². The van der Waals surface area contributed by atoms with E-state index in [4.69, 9.17) is 21.4 Å². The number of rotatable bonds is 3. The molecule has 1 aromatic carbocycles. The molecule has 6 nitrogen and oxygen atoms in total. The van der Waals surface area contributed by atoms with Crippen molar-refractivity contribution in [2.75, 3.05) is 25.0 Å². The summed E-state index contributed by atoms with van der Waals surface area (Å²) >= 11 is 5.74. The molecule has 0 saturated carbocycles. The van der Waals surface area contributed by atoms with E-state index in [-0.39, 0.29) is 17.2 Å². The lowest BCUT2D eigenvalue weighted by Crippen LogP contribution is -2.45. The minimum absolute atomic E-state index is 0.0513.